The van der Waals surface area contributed by atoms with Gasteiger partial charge in [0.05, 0.1) is 0 Å². The number of hydrogen-bond donors (Lipinski definition) is 4. The van der Waals surface area contributed by atoms with E-state index in [0.717, 1.165) is 0 Å². The van der Waals surface area contributed by atoms with Gasteiger partial charge < -0.3 is 5.32 Å². The lowest BCUT2D eigenvalue weighted by atomic mass is 10.2. The maximum absolute atomic E-state index is 7.11. The maximum atomic E-state index is 7.11. The number of hydrogen-bond acceptors (Lipinski definition) is 2. The van der Waals surface area contributed by atoms with Crippen LogP contribution in [0.2, 0.25) is 0 Å². The standard InChI is InChI=1S/C5H11N.H3N2O2/c1-2-4-6-5-3-1;1-2(3)4/h6H,1-5H2;(H3,1,3,4)/q;+1. The van der Waals surface area contributed by atoms with E-state index in [4.69, 9.17) is 15.9 Å². The first-order valence-corrected chi connectivity index (χ1v) is 3.33. The highest BCUT2D eigenvalue weighted by Crippen LogP contribution is 1.96. The van der Waals surface area contributed by atoms with Gasteiger partial charge in [-0.2, -0.15) is 0 Å². The Morgan fingerprint density at radius 2 is 1.50 bits per heavy atom. The van der Waals surface area contributed by atoms with E-state index in [1.807, 2.05) is 0 Å². The largest absolute Gasteiger partial charge is 0.326 e. The lowest BCUT2D eigenvalue weighted by Gasteiger charge is -2.08. The van der Waals surface area contributed by atoms with Gasteiger partial charge in [0.2, 0.25) is 0 Å². The van der Waals surface area contributed by atoms with Crippen LogP contribution < -0.4 is 5.32 Å². The molecule has 1 saturated heterocycles. The molecule has 0 aromatic rings. The first-order valence-electron chi connectivity index (χ1n) is 3.33. The molecular weight excluding hydrogens is 134 g/mol. The molecule has 0 bridgehead atoms. The van der Waals surface area contributed by atoms with Gasteiger partial charge in [0.1, 0.15) is 0 Å². The van der Waals surface area contributed by atoms with Crippen molar-refractivity contribution in [3.05, 3.63) is 0 Å². The molecule has 0 aromatic heterocycles. The summed E-state index contributed by atoms with van der Waals surface area (Å²) in [6.45, 7) is 2.50. The molecule has 1 heterocycles. The molecule has 1 rings (SSSR count). The lowest BCUT2D eigenvalue weighted by Crippen LogP contribution is -2.21. The molecule has 5 nitrogen and oxygen atoms in total. The van der Waals surface area contributed by atoms with Crippen LogP contribution in [0.1, 0.15) is 19.3 Å². The molecular formula is C5H14N3O2+. The average molecular weight is 148 g/mol. The van der Waals surface area contributed by atoms with Crippen molar-refractivity contribution in [1.29, 1.82) is 5.53 Å². The highest BCUT2D eigenvalue weighted by molar-refractivity contribution is 4.55. The fraction of sp³-hybridized carbons (Fsp3) is 1.00. The van der Waals surface area contributed by atoms with E-state index in [2.05, 4.69) is 5.32 Å². The van der Waals surface area contributed by atoms with Crippen molar-refractivity contribution >= 4 is 0 Å². The number of nitrogens with zero attached hydrogens (tertiary/aromatic N) is 1. The smallest absolute Gasteiger partial charge is 0.317 e. The minimum atomic E-state index is -0.750. The van der Waals surface area contributed by atoms with Crippen LogP contribution in [0.25, 0.3) is 0 Å². The Morgan fingerprint density at radius 1 is 1.10 bits per heavy atom. The van der Waals surface area contributed by atoms with E-state index in [9.17, 15) is 0 Å². The molecule has 10 heavy (non-hydrogen) atoms. The Balaban J connectivity index is 0.000000180. The molecule has 0 amide bonds. The van der Waals surface area contributed by atoms with E-state index in [1.54, 1.807) is 0 Å². The van der Waals surface area contributed by atoms with Crippen LogP contribution in [0.4, 0.5) is 0 Å². The zero-order valence-electron chi connectivity index (χ0n) is 5.88. The zero-order chi connectivity index (χ0) is 7.82. The third kappa shape index (κ3) is 10.2. The molecule has 0 radical (unpaired) electrons. The van der Waals surface area contributed by atoms with Crippen molar-refractivity contribution in [1.82, 2.24) is 5.32 Å². The quantitative estimate of drug-likeness (QED) is 0.299. The number of piperidine rings is 1. The molecule has 0 spiro atoms. The van der Waals surface area contributed by atoms with E-state index in [0.29, 0.717) is 0 Å². The Morgan fingerprint density at radius 3 is 1.60 bits per heavy atom. The Kier molecular flexibility index (Phi) is 5.75. The average Bonchev–Trinajstić information content (AvgIpc) is 1.90. The predicted octanol–water partition coefficient (Wildman–Crippen LogP) is 0.568. The summed E-state index contributed by atoms with van der Waals surface area (Å²) in [5.74, 6) is 0. The first kappa shape index (κ1) is 9.16. The van der Waals surface area contributed by atoms with Crippen molar-refractivity contribution in [3.63, 3.8) is 0 Å². The van der Waals surface area contributed by atoms with Crippen molar-refractivity contribution in [3.8, 4) is 0 Å². The monoisotopic (exact) mass is 148 g/mol. The molecule has 0 saturated carbocycles. The van der Waals surface area contributed by atoms with Gasteiger partial charge in [-0.1, -0.05) is 6.42 Å². The van der Waals surface area contributed by atoms with Crippen molar-refractivity contribution < 1.29 is 15.4 Å². The number of rotatable bonds is 0. The van der Waals surface area contributed by atoms with Gasteiger partial charge in [0, 0.05) is 5.53 Å². The lowest BCUT2D eigenvalue weighted by molar-refractivity contribution is -1.01. The zero-order valence-corrected chi connectivity index (χ0v) is 5.88. The molecule has 60 valence electrons. The Bertz CT molecular complexity index is 77.4. The van der Waals surface area contributed by atoms with E-state index in [1.165, 1.54) is 32.4 Å². The topological polar surface area (TPSA) is 79.4 Å². The maximum Gasteiger partial charge on any atom is 0.326 e. The SMILES string of the molecule is C1CCNCC1.N=[N+](O)O. The van der Waals surface area contributed by atoms with Gasteiger partial charge in [-0.25, -0.2) is 10.4 Å². The highest BCUT2D eigenvalue weighted by atomic mass is 16.8. The summed E-state index contributed by atoms with van der Waals surface area (Å²) >= 11 is 0. The molecule has 1 aliphatic heterocycles. The second kappa shape index (κ2) is 6.28. The van der Waals surface area contributed by atoms with Gasteiger partial charge in [-0.05, 0) is 25.9 Å². The number of nitrogens with one attached hydrogen (secondary N) is 2. The summed E-state index contributed by atoms with van der Waals surface area (Å²) in [5, 5.41) is 16.8. The molecule has 1 fully saturated rings. The van der Waals surface area contributed by atoms with Crippen LogP contribution in [0.3, 0.4) is 0 Å². The van der Waals surface area contributed by atoms with Gasteiger partial charge in [-0.15, -0.1) is 0 Å². The molecule has 1 aliphatic rings. The van der Waals surface area contributed by atoms with Crippen molar-refractivity contribution in [2.45, 2.75) is 19.3 Å². The van der Waals surface area contributed by atoms with Crippen LogP contribution in [-0.4, -0.2) is 28.5 Å². The van der Waals surface area contributed by atoms with Gasteiger partial charge >= 0.3 is 5.02 Å². The fourth-order valence-electron chi connectivity index (χ4n) is 0.802. The molecule has 4 N–H and O–H groups in total. The predicted molar refractivity (Wildman–Crippen MR) is 33.3 cm³/mol. The first-order chi connectivity index (χ1) is 4.73. The minimum absolute atomic E-state index is 0.750. The second-order valence-corrected chi connectivity index (χ2v) is 2.10. The van der Waals surface area contributed by atoms with Crippen LogP contribution >= 0.6 is 0 Å². The summed E-state index contributed by atoms with van der Waals surface area (Å²) in [7, 11) is 0. The summed E-state index contributed by atoms with van der Waals surface area (Å²) in [5.41, 5.74) is 5.53. The van der Waals surface area contributed by atoms with Crippen molar-refractivity contribution in [2.75, 3.05) is 13.1 Å². The van der Waals surface area contributed by atoms with Crippen LogP contribution in [-0.2, 0) is 0 Å². The second-order valence-electron chi connectivity index (χ2n) is 2.10. The third-order valence-electron chi connectivity index (χ3n) is 1.21. The van der Waals surface area contributed by atoms with E-state index < -0.39 is 5.02 Å². The van der Waals surface area contributed by atoms with E-state index in [-0.39, 0.29) is 0 Å². The summed E-state index contributed by atoms with van der Waals surface area (Å²) < 4.78 is 0. The Hall–Kier alpha value is -0.840. The molecule has 0 atom stereocenters. The molecule has 0 unspecified atom stereocenters. The van der Waals surface area contributed by atoms with Crippen LogP contribution in [0.15, 0.2) is 0 Å². The summed E-state index contributed by atoms with van der Waals surface area (Å²) in [6, 6.07) is 0. The van der Waals surface area contributed by atoms with Crippen LogP contribution in [0.5, 0.6) is 0 Å². The third-order valence-corrected chi connectivity index (χ3v) is 1.21. The van der Waals surface area contributed by atoms with E-state index >= 15 is 0 Å². The van der Waals surface area contributed by atoms with Gasteiger partial charge in [0.25, 0.3) is 0 Å². The highest BCUT2D eigenvalue weighted by Gasteiger charge is 1.93. The van der Waals surface area contributed by atoms with Crippen molar-refractivity contribution in [2.24, 2.45) is 0 Å². The fourth-order valence-corrected chi connectivity index (χ4v) is 0.802. The summed E-state index contributed by atoms with van der Waals surface area (Å²) in [4.78, 5) is 0. The molecule has 5 heteroatoms. The van der Waals surface area contributed by atoms with Gasteiger partial charge in [0.15, 0.2) is 0 Å². The summed E-state index contributed by atoms with van der Waals surface area (Å²) in [6.07, 6.45) is 4.22. The molecule has 0 aliphatic carbocycles. The minimum Gasteiger partial charge on any atom is -0.317 e. The van der Waals surface area contributed by atoms with Gasteiger partial charge in [-0.3, -0.25) is 0 Å². The normalized spacial score (nSPS) is 16.8. The molecule has 0 aromatic carbocycles. The Labute approximate surface area is 59.7 Å². The van der Waals surface area contributed by atoms with Crippen LogP contribution in [0, 0.1) is 5.53 Å².